The number of phenolic OH excluding ortho intramolecular Hbond substituents is 1. The monoisotopic (exact) mass is 537 g/mol. The van der Waals surface area contributed by atoms with Gasteiger partial charge in [-0.1, -0.05) is 12.1 Å². The summed E-state index contributed by atoms with van der Waals surface area (Å²) in [5, 5.41) is 15.5. The molecule has 1 aromatic carbocycles. The van der Waals surface area contributed by atoms with Crippen molar-refractivity contribution in [2.45, 2.75) is 77.1 Å². The molecule has 206 valence electrons. The molecule has 1 saturated carbocycles. The van der Waals surface area contributed by atoms with Gasteiger partial charge in [0.05, 0.1) is 13.0 Å². The Morgan fingerprint density at radius 1 is 1.22 bits per heavy atom. The van der Waals surface area contributed by atoms with Gasteiger partial charge in [-0.15, -0.1) is 0 Å². The molecule has 1 aliphatic rings. The van der Waals surface area contributed by atoms with Crippen LogP contribution in [0.3, 0.4) is 0 Å². The fourth-order valence-corrected chi connectivity index (χ4v) is 4.22. The lowest BCUT2D eigenvalue weighted by Gasteiger charge is -2.34. The number of hydrogen-bond donors (Lipinski definition) is 3. The molecule has 0 bridgehead atoms. The van der Waals surface area contributed by atoms with E-state index in [-0.39, 0.29) is 31.4 Å². The number of carbonyl (C=O) groups is 4. The average Bonchev–Trinajstić information content (AvgIpc) is 3.63. The Hall–Kier alpha value is -2.95. The molecule has 37 heavy (non-hydrogen) atoms. The first kappa shape index (κ1) is 30.3. The van der Waals surface area contributed by atoms with Crippen LogP contribution >= 0.6 is 11.8 Å². The molecule has 10 nitrogen and oxygen atoms in total. The molecule has 1 aromatic rings. The van der Waals surface area contributed by atoms with E-state index in [1.165, 1.54) is 28.8 Å². The molecule has 2 atom stereocenters. The number of phenols is 1. The number of nitrogens with one attached hydrogen (secondary N) is 2. The summed E-state index contributed by atoms with van der Waals surface area (Å²) in [7, 11) is 0. The van der Waals surface area contributed by atoms with E-state index in [0.717, 1.165) is 0 Å². The van der Waals surface area contributed by atoms with Crippen molar-refractivity contribution in [3.8, 4) is 5.75 Å². The molecule has 0 radical (unpaired) electrons. The lowest BCUT2D eigenvalue weighted by atomic mass is 10.0. The summed E-state index contributed by atoms with van der Waals surface area (Å²) in [5.74, 6) is -0.776. The molecule has 11 heteroatoms. The van der Waals surface area contributed by atoms with Crippen molar-refractivity contribution in [1.82, 2.24) is 15.5 Å². The summed E-state index contributed by atoms with van der Waals surface area (Å²) in [6.45, 7) is 7.18. The van der Waals surface area contributed by atoms with Crippen molar-refractivity contribution >= 4 is 35.6 Å². The van der Waals surface area contributed by atoms with Gasteiger partial charge in [-0.3, -0.25) is 14.4 Å². The number of alkyl carbamates (subject to hydrolysis) is 1. The van der Waals surface area contributed by atoms with E-state index in [1.807, 2.05) is 6.26 Å². The van der Waals surface area contributed by atoms with Gasteiger partial charge in [0.15, 0.2) is 0 Å². The minimum absolute atomic E-state index is 0.0136. The molecule has 0 aromatic heterocycles. The van der Waals surface area contributed by atoms with Gasteiger partial charge in [0.25, 0.3) is 0 Å². The Balaban J connectivity index is 2.35. The van der Waals surface area contributed by atoms with E-state index in [4.69, 9.17) is 9.47 Å². The van der Waals surface area contributed by atoms with Crippen LogP contribution in [-0.4, -0.2) is 76.7 Å². The number of benzene rings is 1. The van der Waals surface area contributed by atoms with E-state index in [0.29, 0.717) is 30.6 Å². The number of thioether (sulfide) groups is 1. The van der Waals surface area contributed by atoms with Gasteiger partial charge in [-0.2, -0.15) is 11.8 Å². The minimum atomic E-state index is -1.06. The Kier molecular flexibility index (Phi) is 11.5. The van der Waals surface area contributed by atoms with Crippen LogP contribution in [-0.2, 0) is 23.9 Å². The van der Waals surface area contributed by atoms with Crippen molar-refractivity contribution in [3.63, 3.8) is 0 Å². The van der Waals surface area contributed by atoms with Crippen LogP contribution in [0.5, 0.6) is 5.75 Å². The second-order valence-electron chi connectivity index (χ2n) is 9.80. The zero-order chi connectivity index (χ0) is 27.6. The topological polar surface area (TPSA) is 134 Å². The van der Waals surface area contributed by atoms with Gasteiger partial charge < -0.3 is 30.1 Å². The standard InChI is InChI=1S/C26H39N3O7S/c1-6-35-21(31)12-14-27-23(32)22(17-8-7-9-19(30)16-17)29(18-10-11-18)24(33)20(13-15-37-5)28-25(34)36-26(2,3)4/h7-9,16,18,20,22,30H,6,10-15H2,1-5H3,(H,27,32)(H,28,34). The highest BCUT2D eigenvalue weighted by Gasteiger charge is 2.44. The molecular weight excluding hydrogens is 498 g/mol. The van der Waals surface area contributed by atoms with Gasteiger partial charge >= 0.3 is 12.1 Å². The largest absolute Gasteiger partial charge is 0.508 e. The first-order chi connectivity index (χ1) is 17.5. The third kappa shape index (κ3) is 10.1. The van der Waals surface area contributed by atoms with Gasteiger partial charge in [-0.05, 0) is 76.7 Å². The smallest absolute Gasteiger partial charge is 0.408 e. The molecule has 2 rings (SSSR count). The third-order valence-corrected chi connectivity index (χ3v) is 6.08. The summed E-state index contributed by atoms with van der Waals surface area (Å²) in [5.41, 5.74) is -0.314. The van der Waals surface area contributed by atoms with Crippen molar-refractivity contribution < 1.29 is 33.8 Å². The number of aromatic hydroxyl groups is 1. The first-order valence-corrected chi connectivity index (χ1v) is 13.9. The third-order valence-electron chi connectivity index (χ3n) is 5.44. The lowest BCUT2D eigenvalue weighted by molar-refractivity contribution is -0.144. The van der Waals surface area contributed by atoms with E-state index in [9.17, 15) is 24.3 Å². The second-order valence-corrected chi connectivity index (χ2v) is 10.8. The van der Waals surface area contributed by atoms with E-state index in [2.05, 4.69) is 10.6 Å². The summed E-state index contributed by atoms with van der Waals surface area (Å²) in [6, 6.07) is 4.01. The predicted octanol–water partition coefficient (Wildman–Crippen LogP) is 3.14. The SMILES string of the molecule is CCOC(=O)CCNC(=O)C(c1cccc(O)c1)N(C(=O)C(CCSC)NC(=O)OC(C)(C)C)C1CC1. The molecule has 3 N–H and O–H groups in total. The Bertz CT molecular complexity index is 946. The summed E-state index contributed by atoms with van der Waals surface area (Å²) in [4.78, 5) is 53.2. The van der Waals surface area contributed by atoms with Crippen LogP contribution < -0.4 is 10.6 Å². The van der Waals surface area contributed by atoms with Crippen LogP contribution in [0.2, 0.25) is 0 Å². The molecule has 1 aliphatic carbocycles. The van der Waals surface area contributed by atoms with Crippen molar-refractivity contribution in [2.24, 2.45) is 0 Å². The zero-order valence-electron chi connectivity index (χ0n) is 22.2. The number of esters is 1. The van der Waals surface area contributed by atoms with Crippen molar-refractivity contribution in [2.75, 3.05) is 25.2 Å². The molecular formula is C26H39N3O7S. The van der Waals surface area contributed by atoms with Crippen LogP contribution in [0.25, 0.3) is 0 Å². The zero-order valence-corrected chi connectivity index (χ0v) is 23.1. The Morgan fingerprint density at radius 2 is 1.92 bits per heavy atom. The lowest BCUT2D eigenvalue weighted by Crippen LogP contribution is -2.54. The van der Waals surface area contributed by atoms with Gasteiger partial charge in [0.2, 0.25) is 11.8 Å². The molecule has 3 amide bonds. The number of hydrogen-bond acceptors (Lipinski definition) is 8. The fraction of sp³-hybridized carbons (Fsp3) is 0.615. The van der Waals surface area contributed by atoms with Gasteiger partial charge in [0.1, 0.15) is 23.4 Å². The molecule has 0 aliphatic heterocycles. The first-order valence-electron chi connectivity index (χ1n) is 12.5. The van der Waals surface area contributed by atoms with E-state index < -0.39 is 41.6 Å². The summed E-state index contributed by atoms with van der Waals surface area (Å²) < 4.78 is 10.3. The average molecular weight is 538 g/mol. The highest BCUT2D eigenvalue weighted by atomic mass is 32.2. The highest BCUT2D eigenvalue weighted by molar-refractivity contribution is 7.98. The summed E-state index contributed by atoms with van der Waals surface area (Å²) in [6.07, 6.45) is 2.94. The minimum Gasteiger partial charge on any atom is -0.508 e. The maximum Gasteiger partial charge on any atom is 0.408 e. The Morgan fingerprint density at radius 3 is 2.49 bits per heavy atom. The predicted molar refractivity (Wildman–Crippen MR) is 141 cm³/mol. The quantitative estimate of drug-likeness (QED) is 0.327. The van der Waals surface area contributed by atoms with Crippen LogP contribution in [0.4, 0.5) is 4.79 Å². The molecule has 1 fully saturated rings. The number of ether oxygens (including phenoxy) is 2. The summed E-state index contributed by atoms with van der Waals surface area (Å²) >= 11 is 1.54. The number of rotatable bonds is 13. The maximum absolute atomic E-state index is 13.9. The number of amides is 3. The van der Waals surface area contributed by atoms with Gasteiger partial charge in [-0.25, -0.2) is 4.79 Å². The Labute approximate surface area is 222 Å². The molecule has 0 heterocycles. The van der Waals surface area contributed by atoms with Crippen molar-refractivity contribution in [1.29, 1.82) is 0 Å². The van der Waals surface area contributed by atoms with Crippen LogP contribution in [0, 0.1) is 0 Å². The molecule has 0 spiro atoms. The second kappa shape index (κ2) is 14.1. The number of nitrogens with zero attached hydrogens (tertiary/aromatic N) is 1. The highest BCUT2D eigenvalue weighted by Crippen LogP contribution is 2.36. The van der Waals surface area contributed by atoms with E-state index >= 15 is 0 Å². The fourth-order valence-electron chi connectivity index (χ4n) is 3.74. The van der Waals surface area contributed by atoms with Crippen molar-refractivity contribution in [3.05, 3.63) is 29.8 Å². The van der Waals surface area contributed by atoms with Crippen LogP contribution in [0.15, 0.2) is 24.3 Å². The number of carbonyl (C=O) groups excluding carboxylic acids is 4. The van der Waals surface area contributed by atoms with E-state index in [1.54, 1.807) is 39.8 Å². The normalized spacial score (nSPS) is 14.7. The van der Waals surface area contributed by atoms with Gasteiger partial charge in [0, 0.05) is 12.6 Å². The molecule has 2 unspecified atom stereocenters. The maximum atomic E-state index is 13.9. The molecule has 0 saturated heterocycles. The van der Waals surface area contributed by atoms with Crippen LogP contribution in [0.1, 0.15) is 65.0 Å².